The second-order valence-corrected chi connectivity index (χ2v) is 13.7. The molecule has 0 saturated carbocycles. The van der Waals surface area contributed by atoms with Crippen molar-refractivity contribution in [3.8, 4) is 11.3 Å². The minimum atomic E-state index is -3.46. The molecule has 2 fully saturated rings. The molecule has 0 radical (unpaired) electrons. The molecule has 2 aromatic heterocycles. The highest BCUT2D eigenvalue weighted by Crippen LogP contribution is 2.34. The summed E-state index contributed by atoms with van der Waals surface area (Å²) in [5.74, 6) is -4.45. The molecule has 47 heavy (non-hydrogen) atoms. The summed E-state index contributed by atoms with van der Waals surface area (Å²) in [6.07, 6.45) is 0.266. The van der Waals surface area contributed by atoms with Crippen LogP contribution in [0.1, 0.15) is 36.1 Å². The molecule has 13 nitrogen and oxygen atoms in total. The number of aliphatic hydroxyl groups is 2. The minimum absolute atomic E-state index is 0.00751. The van der Waals surface area contributed by atoms with Crippen molar-refractivity contribution in [3.63, 3.8) is 0 Å². The van der Waals surface area contributed by atoms with Gasteiger partial charge in [-0.25, -0.2) is 35.3 Å². The molecule has 4 heterocycles. The number of benzene rings is 2. The molecule has 2 aliphatic rings. The van der Waals surface area contributed by atoms with E-state index in [1.807, 2.05) is 18.2 Å². The van der Waals surface area contributed by atoms with Gasteiger partial charge >= 0.3 is 0 Å². The van der Waals surface area contributed by atoms with Crippen LogP contribution in [0.25, 0.3) is 11.3 Å². The Labute approximate surface area is 268 Å². The molecular formula is C30H34F3N7O6S. The van der Waals surface area contributed by atoms with E-state index >= 15 is 0 Å². The summed E-state index contributed by atoms with van der Waals surface area (Å²) in [5.41, 5.74) is 1.39. The maximum absolute atomic E-state index is 13.9. The first-order chi connectivity index (χ1) is 22.6. The van der Waals surface area contributed by atoms with Crippen molar-refractivity contribution < 1.29 is 41.3 Å². The summed E-state index contributed by atoms with van der Waals surface area (Å²) >= 11 is 0. The van der Waals surface area contributed by atoms with E-state index in [0.717, 1.165) is 17.7 Å². The molecule has 0 unspecified atom stereocenters. The van der Waals surface area contributed by atoms with Crippen LogP contribution in [0, 0.1) is 17.5 Å². The van der Waals surface area contributed by atoms with Gasteiger partial charge in [-0.15, -0.1) is 10.2 Å². The molecule has 0 amide bonds. The smallest absolute Gasteiger partial charge is 0.218 e. The van der Waals surface area contributed by atoms with E-state index in [4.69, 9.17) is 9.47 Å². The lowest BCUT2D eigenvalue weighted by Gasteiger charge is -2.43. The van der Waals surface area contributed by atoms with Crippen LogP contribution in [0.4, 0.5) is 13.2 Å². The van der Waals surface area contributed by atoms with E-state index < -0.39 is 64.5 Å². The largest absolute Gasteiger partial charge is 0.394 e. The van der Waals surface area contributed by atoms with Crippen LogP contribution in [0.5, 0.6) is 0 Å². The molecule has 6 rings (SSSR count). The maximum atomic E-state index is 13.9. The lowest BCUT2D eigenvalue weighted by molar-refractivity contribution is -0.216. The Morgan fingerprint density at radius 3 is 2.36 bits per heavy atom. The van der Waals surface area contributed by atoms with Crippen LogP contribution in [0.2, 0.25) is 0 Å². The molecule has 2 saturated heterocycles. The Morgan fingerprint density at radius 2 is 1.70 bits per heavy atom. The molecule has 4 aromatic rings. The van der Waals surface area contributed by atoms with Gasteiger partial charge in [0.05, 0.1) is 30.8 Å². The zero-order valence-electron chi connectivity index (χ0n) is 25.3. The third-order valence-corrected chi connectivity index (χ3v) is 10.6. The monoisotopic (exact) mass is 677 g/mol. The van der Waals surface area contributed by atoms with Crippen LogP contribution in [-0.2, 0) is 31.8 Å². The molecule has 5 atom stereocenters. The summed E-state index contributed by atoms with van der Waals surface area (Å²) in [5, 5.41) is 37.7. The van der Waals surface area contributed by atoms with Crippen LogP contribution in [0.15, 0.2) is 54.9 Å². The van der Waals surface area contributed by atoms with Gasteiger partial charge in [-0.3, -0.25) is 0 Å². The predicted octanol–water partition coefficient (Wildman–Crippen LogP) is 2.04. The Kier molecular flexibility index (Phi) is 9.72. The second kappa shape index (κ2) is 13.8. The average molecular weight is 678 g/mol. The minimum Gasteiger partial charge on any atom is -0.394 e. The fourth-order valence-electron chi connectivity index (χ4n) is 6.25. The Morgan fingerprint density at radius 1 is 1.00 bits per heavy atom. The van der Waals surface area contributed by atoms with E-state index in [1.54, 1.807) is 23.0 Å². The van der Waals surface area contributed by atoms with Crippen molar-refractivity contribution in [2.24, 2.45) is 0 Å². The van der Waals surface area contributed by atoms with Crippen molar-refractivity contribution >= 4 is 10.0 Å². The number of ether oxygens (including phenoxy) is 2. The van der Waals surface area contributed by atoms with Crippen LogP contribution < -0.4 is 0 Å². The zero-order valence-corrected chi connectivity index (χ0v) is 26.1. The summed E-state index contributed by atoms with van der Waals surface area (Å²) < 4.78 is 83.3. The first kappa shape index (κ1) is 33.2. The van der Waals surface area contributed by atoms with Crippen LogP contribution in [0.3, 0.4) is 0 Å². The van der Waals surface area contributed by atoms with Crippen LogP contribution >= 0.6 is 0 Å². The number of methoxy groups -OCH3 is 1. The molecule has 0 aliphatic carbocycles. The Balaban J connectivity index is 1.14. The van der Waals surface area contributed by atoms with Crippen molar-refractivity contribution in [3.05, 3.63) is 83.6 Å². The van der Waals surface area contributed by atoms with E-state index in [1.165, 1.54) is 22.3 Å². The molecule has 2 aromatic carbocycles. The van der Waals surface area contributed by atoms with E-state index in [9.17, 15) is 31.8 Å². The normalized spacial score (nSPS) is 24.5. The van der Waals surface area contributed by atoms with Gasteiger partial charge in [0.25, 0.3) is 0 Å². The summed E-state index contributed by atoms with van der Waals surface area (Å²) in [6, 6.07) is 9.68. The molecule has 0 spiro atoms. The van der Waals surface area contributed by atoms with Crippen molar-refractivity contribution in [2.45, 2.75) is 61.5 Å². The number of rotatable bonds is 10. The van der Waals surface area contributed by atoms with Gasteiger partial charge in [0.2, 0.25) is 10.0 Å². The van der Waals surface area contributed by atoms with E-state index in [-0.39, 0.29) is 29.5 Å². The van der Waals surface area contributed by atoms with Gasteiger partial charge in [-0.05, 0) is 30.5 Å². The van der Waals surface area contributed by atoms with Gasteiger partial charge in [0, 0.05) is 37.9 Å². The van der Waals surface area contributed by atoms with Crippen molar-refractivity contribution in [1.29, 1.82) is 0 Å². The molecule has 2 aliphatic heterocycles. The third-order valence-electron chi connectivity index (χ3n) is 8.71. The number of hydrogen-bond acceptors (Lipinski definition) is 10. The molecule has 2 N–H and O–H groups in total. The highest BCUT2D eigenvalue weighted by Gasteiger charge is 2.47. The van der Waals surface area contributed by atoms with Crippen molar-refractivity contribution in [1.82, 2.24) is 34.3 Å². The quantitative estimate of drug-likeness (QED) is 0.238. The number of nitrogens with zero attached hydrogens (tertiary/aromatic N) is 7. The highest BCUT2D eigenvalue weighted by atomic mass is 32.2. The topological polar surface area (TPSA) is 158 Å². The van der Waals surface area contributed by atoms with E-state index in [2.05, 4.69) is 20.6 Å². The number of aromatic nitrogens is 6. The SMILES string of the molecule is CO[C@@H]1[C@@H](n2cc(-c3cc(F)c(F)c(F)c3)nn2)[C@@H](O)[C@@H](CO)O[C@@H]1Cn1cc(C2CCN(S(=O)(=O)Cc3ccccc3)CC2)nn1. The van der Waals surface area contributed by atoms with Crippen molar-refractivity contribution in [2.75, 3.05) is 26.8 Å². The van der Waals surface area contributed by atoms with E-state index in [0.29, 0.717) is 31.6 Å². The molecule has 0 bridgehead atoms. The standard InChI is InChI=1S/C30H34F3N7O6S/c1-45-30-25(46-26(16-41)29(42)28(30)40-14-24(35-37-40)20-11-21(31)27(33)22(32)12-20)15-38-13-23(34-36-38)19-7-9-39(10-8-19)47(43,44)17-18-5-3-2-4-6-18/h2-6,11-14,19,25-26,28-30,41-42H,7-10,15-17H2,1H3/t25-,26-,28+,29+,30+/m1/s1. The second-order valence-electron chi connectivity index (χ2n) is 11.7. The first-order valence-corrected chi connectivity index (χ1v) is 16.6. The first-order valence-electron chi connectivity index (χ1n) is 15.0. The fourth-order valence-corrected chi connectivity index (χ4v) is 7.81. The Hall–Kier alpha value is -3.74. The van der Waals surface area contributed by atoms with Gasteiger partial charge in [0.1, 0.15) is 36.2 Å². The number of halogens is 3. The van der Waals surface area contributed by atoms with Gasteiger partial charge in [0.15, 0.2) is 17.5 Å². The lowest BCUT2D eigenvalue weighted by Crippen LogP contribution is -2.57. The van der Waals surface area contributed by atoms with Gasteiger partial charge < -0.3 is 19.7 Å². The average Bonchev–Trinajstić information content (AvgIpc) is 3.75. The fraction of sp³-hybridized carbons (Fsp3) is 0.467. The Bertz CT molecular complexity index is 1760. The number of hydrogen-bond donors (Lipinski definition) is 2. The predicted molar refractivity (Wildman–Crippen MR) is 160 cm³/mol. The third kappa shape index (κ3) is 6.95. The highest BCUT2D eigenvalue weighted by molar-refractivity contribution is 7.88. The lowest BCUT2D eigenvalue weighted by atomic mass is 9.92. The van der Waals surface area contributed by atoms with Crippen LogP contribution in [-0.4, -0.2) is 104 Å². The number of aliphatic hydroxyl groups excluding tert-OH is 2. The van der Waals surface area contributed by atoms with Gasteiger partial charge in [-0.2, -0.15) is 0 Å². The molecule has 252 valence electrons. The number of sulfonamides is 1. The maximum Gasteiger partial charge on any atom is 0.218 e. The zero-order chi connectivity index (χ0) is 33.3. The summed E-state index contributed by atoms with van der Waals surface area (Å²) in [7, 11) is -2.05. The summed E-state index contributed by atoms with van der Waals surface area (Å²) in [4.78, 5) is 0. The molecule has 17 heteroatoms. The molecular weight excluding hydrogens is 643 g/mol. The number of piperidine rings is 1. The summed E-state index contributed by atoms with van der Waals surface area (Å²) in [6.45, 7) is 0.304. The van der Waals surface area contributed by atoms with Gasteiger partial charge in [-0.1, -0.05) is 40.8 Å².